The van der Waals surface area contributed by atoms with E-state index in [0.29, 0.717) is 22.8 Å². The van der Waals surface area contributed by atoms with Crippen LogP contribution >= 0.6 is 0 Å². The molecule has 0 spiro atoms. The quantitative estimate of drug-likeness (QED) is 0.608. The van der Waals surface area contributed by atoms with Crippen molar-refractivity contribution in [1.82, 2.24) is 15.0 Å². The predicted molar refractivity (Wildman–Crippen MR) is 122 cm³/mol. The van der Waals surface area contributed by atoms with Crippen LogP contribution < -0.4 is 14.8 Å². The Labute approximate surface area is 187 Å². The average Bonchev–Trinajstić information content (AvgIpc) is 3.31. The molecule has 0 radical (unpaired) electrons. The molecule has 1 aliphatic heterocycles. The van der Waals surface area contributed by atoms with Crippen LogP contribution in [0.4, 0.5) is 5.69 Å². The highest BCUT2D eigenvalue weighted by molar-refractivity contribution is 6.03. The normalized spacial score (nSPS) is 14.8. The number of carbonyl (C=O) groups excluding carboxylic acids is 1. The minimum Gasteiger partial charge on any atom is -0.497 e. The zero-order valence-corrected chi connectivity index (χ0v) is 18.6. The second-order valence-corrected chi connectivity index (χ2v) is 7.88. The first-order chi connectivity index (χ1) is 15.6. The standard InChI is InChI=1S/C24H28N4O4/c1-27-9-11-28(12-10-27)16-17-5-4-6-18(13-17)25-24(29)21-15-23(32-26-21)20-14-19(30-2)7-8-22(20)31-3/h4-8,13-15H,9-12,16H2,1-3H3,(H,25,29). The Kier molecular flexibility index (Phi) is 6.72. The summed E-state index contributed by atoms with van der Waals surface area (Å²) in [7, 11) is 5.31. The van der Waals surface area contributed by atoms with E-state index < -0.39 is 0 Å². The van der Waals surface area contributed by atoms with Gasteiger partial charge in [-0.05, 0) is 42.9 Å². The lowest BCUT2D eigenvalue weighted by atomic mass is 10.1. The second kappa shape index (κ2) is 9.84. The van der Waals surface area contributed by atoms with Gasteiger partial charge >= 0.3 is 0 Å². The van der Waals surface area contributed by atoms with Crippen LogP contribution in [-0.2, 0) is 6.54 Å². The summed E-state index contributed by atoms with van der Waals surface area (Å²) < 4.78 is 16.1. The maximum absolute atomic E-state index is 12.8. The minimum absolute atomic E-state index is 0.189. The number of nitrogens with zero attached hydrogens (tertiary/aromatic N) is 3. The van der Waals surface area contributed by atoms with Gasteiger partial charge < -0.3 is 24.2 Å². The van der Waals surface area contributed by atoms with Gasteiger partial charge in [0, 0.05) is 44.5 Å². The Hall–Kier alpha value is -3.36. The maximum atomic E-state index is 12.8. The molecule has 1 fully saturated rings. The Balaban J connectivity index is 1.45. The summed E-state index contributed by atoms with van der Waals surface area (Å²) in [6, 6.07) is 14.9. The van der Waals surface area contributed by atoms with Gasteiger partial charge in [-0.3, -0.25) is 9.69 Å². The van der Waals surface area contributed by atoms with Crippen LogP contribution in [0.5, 0.6) is 11.5 Å². The predicted octanol–water partition coefficient (Wildman–Crippen LogP) is 3.36. The highest BCUT2D eigenvalue weighted by Gasteiger charge is 2.18. The van der Waals surface area contributed by atoms with Gasteiger partial charge in [0.05, 0.1) is 19.8 Å². The summed E-state index contributed by atoms with van der Waals surface area (Å²) in [5.41, 5.74) is 2.74. The van der Waals surface area contributed by atoms with Crippen molar-refractivity contribution in [3.63, 3.8) is 0 Å². The number of rotatable bonds is 7. The molecule has 1 aliphatic rings. The molecule has 8 heteroatoms. The van der Waals surface area contributed by atoms with E-state index in [1.54, 1.807) is 38.5 Å². The number of carbonyl (C=O) groups is 1. The number of methoxy groups -OCH3 is 2. The van der Waals surface area contributed by atoms with Crippen LogP contribution in [0.1, 0.15) is 16.1 Å². The smallest absolute Gasteiger partial charge is 0.277 e. The van der Waals surface area contributed by atoms with E-state index in [1.807, 2.05) is 18.2 Å². The molecule has 0 saturated carbocycles. The third-order valence-corrected chi connectivity index (χ3v) is 5.60. The van der Waals surface area contributed by atoms with Crippen LogP contribution in [0.15, 0.2) is 53.1 Å². The third-order valence-electron chi connectivity index (χ3n) is 5.60. The number of anilines is 1. The first kappa shape index (κ1) is 21.9. The van der Waals surface area contributed by atoms with Gasteiger partial charge in [0.2, 0.25) is 0 Å². The molecule has 168 valence electrons. The third kappa shape index (κ3) is 5.09. The number of piperazine rings is 1. The fraction of sp³-hybridized carbons (Fsp3) is 0.333. The lowest BCUT2D eigenvalue weighted by Crippen LogP contribution is -2.43. The molecular formula is C24H28N4O4. The molecule has 32 heavy (non-hydrogen) atoms. The molecule has 1 amide bonds. The van der Waals surface area contributed by atoms with Gasteiger partial charge in [-0.25, -0.2) is 0 Å². The number of aromatic nitrogens is 1. The molecule has 0 bridgehead atoms. The van der Waals surface area contributed by atoms with Gasteiger partial charge in [0.1, 0.15) is 11.5 Å². The minimum atomic E-state index is -0.335. The summed E-state index contributed by atoms with van der Waals surface area (Å²) in [4.78, 5) is 17.5. The lowest BCUT2D eigenvalue weighted by molar-refractivity contribution is 0.101. The molecule has 8 nitrogen and oxygen atoms in total. The molecule has 3 aromatic rings. The van der Waals surface area contributed by atoms with E-state index >= 15 is 0 Å². The topological polar surface area (TPSA) is 80.1 Å². The van der Waals surface area contributed by atoms with Gasteiger partial charge in [0.25, 0.3) is 5.91 Å². The van der Waals surface area contributed by atoms with E-state index in [4.69, 9.17) is 14.0 Å². The fourth-order valence-electron chi connectivity index (χ4n) is 3.72. The van der Waals surface area contributed by atoms with Crippen molar-refractivity contribution >= 4 is 11.6 Å². The number of hydrogen-bond donors (Lipinski definition) is 1. The van der Waals surface area contributed by atoms with E-state index in [-0.39, 0.29) is 11.6 Å². The summed E-state index contributed by atoms with van der Waals surface area (Å²) >= 11 is 0. The molecular weight excluding hydrogens is 408 g/mol. The molecule has 0 unspecified atom stereocenters. The van der Waals surface area contributed by atoms with E-state index in [9.17, 15) is 4.79 Å². The first-order valence-corrected chi connectivity index (χ1v) is 10.6. The van der Waals surface area contributed by atoms with Gasteiger partial charge in [-0.15, -0.1) is 0 Å². The van der Waals surface area contributed by atoms with Gasteiger partial charge in [-0.1, -0.05) is 17.3 Å². The molecule has 1 N–H and O–H groups in total. The summed E-state index contributed by atoms with van der Waals surface area (Å²) in [5, 5.41) is 6.86. The van der Waals surface area contributed by atoms with E-state index in [1.165, 1.54) is 0 Å². The summed E-state index contributed by atoms with van der Waals surface area (Å²) in [6.07, 6.45) is 0. The monoisotopic (exact) mass is 436 g/mol. The van der Waals surface area contributed by atoms with Crippen molar-refractivity contribution in [3.05, 3.63) is 59.8 Å². The Morgan fingerprint density at radius 1 is 1.06 bits per heavy atom. The van der Waals surface area contributed by atoms with Crippen molar-refractivity contribution in [2.45, 2.75) is 6.54 Å². The molecule has 0 atom stereocenters. The highest BCUT2D eigenvalue weighted by atomic mass is 16.5. The summed E-state index contributed by atoms with van der Waals surface area (Å²) in [5.74, 6) is 1.35. The number of benzene rings is 2. The van der Waals surface area contributed by atoms with Crippen LogP contribution in [0.2, 0.25) is 0 Å². The lowest BCUT2D eigenvalue weighted by Gasteiger charge is -2.32. The second-order valence-electron chi connectivity index (χ2n) is 7.88. The van der Waals surface area contributed by atoms with E-state index in [2.05, 4.69) is 33.4 Å². The number of ether oxygens (including phenoxy) is 2. The number of hydrogen-bond acceptors (Lipinski definition) is 7. The van der Waals surface area contributed by atoms with Gasteiger partial charge in [0.15, 0.2) is 11.5 Å². The molecule has 2 heterocycles. The van der Waals surface area contributed by atoms with Crippen LogP contribution in [0.3, 0.4) is 0 Å². The van der Waals surface area contributed by atoms with Crippen LogP contribution in [0.25, 0.3) is 11.3 Å². The van der Waals surface area contributed by atoms with Crippen molar-refractivity contribution in [2.75, 3.05) is 52.8 Å². The van der Waals surface area contributed by atoms with Gasteiger partial charge in [-0.2, -0.15) is 0 Å². The van der Waals surface area contributed by atoms with Crippen LogP contribution in [-0.4, -0.2) is 68.3 Å². The van der Waals surface area contributed by atoms with Crippen molar-refractivity contribution < 1.29 is 18.8 Å². The Morgan fingerprint density at radius 3 is 2.62 bits per heavy atom. The maximum Gasteiger partial charge on any atom is 0.277 e. The first-order valence-electron chi connectivity index (χ1n) is 10.6. The zero-order chi connectivity index (χ0) is 22.5. The van der Waals surface area contributed by atoms with Crippen molar-refractivity contribution in [3.8, 4) is 22.8 Å². The molecule has 0 aliphatic carbocycles. The number of likely N-dealkylation sites (N-methyl/N-ethyl adjacent to an activating group) is 1. The SMILES string of the molecule is COc1ccc(OC)c(-c2cc(C(=O)Nc3cccc(CN4CCN(C)CC4)c3)no2)c1. The molecule has 2 aromatic carbocycles. The van der Waals surface area contributed by atoms with Crippen LogP contribution in [0, 0.1) is 0 Å². The number of amides is 1. The summed E-state index contributed by atoms with van der Waals surface area (Å²) in [6.45, 7) is 5.10. The van der Waals surface area contributed by atoms with E-state index in [0.717, 1.165) is 44.0 Å². The Morgan fingerprint density at radius 2 is 1.88 bits per heavy atom. The zero-order valence-electron chi connectivity index (χ0n) is 18.6. The van der Waals surface area contributed by atoms with Crippen molar-refractivity contribution in [2.24, 2.45) is 0 Å². The fourth-order valence-corrected chi connectivity index (χ4v) is 3.72. The highest BCUT2D eigenvalue weighted by Crippen LogP contribution is 2.33. The Bertz CT molecular complexity index is 1070. The molecule has 4 rings (SSSR count). The average molecular weight is 437 g/mol. The largest absolute Gasteiger partial charge is 0.497 e. The molecule has 1 saturated heterocycles. The number of nitrogens with one attached hydrogen (secondary N) is 1. The van der Waals surface area contributed by atoms with Crippen molar-refractivity contribution in [1.29, 1.82) is 0 Å². The molecule has 1 aromatic heterocycles.